The Kier molecular flexibility index (Phi) is 6.58. The predicted molar refractivity (Wildman–Crippen MR) is 87.1 cm³/mol. The third kappa shape index (κ3) is 6.02. The van der Waals surface area contributed by atoms with E-state index in [-0.39, 0.29) is 12.5 Å². The largest absolute Gasteiger partial charge is 0.453 e. The van der Waals surface area contributed by atoms with Gasteiger partial charge in [0.05, 0.1) is 6.42 Å². The lowest BCUT2D eigenvalue weighted by Crippen LogP contribution is -2.47. The Balaban J connectivity index is 1.66. The zero-order valence-electron chi connectivity index (χ0n) is 13.2. The van der Waals surface area contributed by atoms with Crippen molar-refractivity contribution in [1.82, 2.24) is 10.6 Å². The molecule has 1 aliphatic carbocycles. The van der Waals surface area contributed by atoms with Crippen LogP contribution in [0.1, 0.15) is 43.9 Å². The Labute approximate surface area is 139 Å². The van der Waals surface area contributed by atoms with Gasteiger partial charge in [-0.15, -0.1) is 11.3 Å². The molecule has 3 amide bonds. The second-order valence-corrected chi connectivity index (χ2v) is 6.69. The van der Waals surface area contributed by atoms with Crippen LogP contribution in [-0.4, -0.2) is 30.1 Å². The van der Waals surface area contributed by atoms with Gasteiger partial charge in [-0.2, -0.15) is 0 Å². The van der Waals surface area contributed by atoms with E-state index >= 15 is 0 Å². The van der Waals surface area contributed by atoms with Gasteiger partial charge in [-0.05, 0) is 37.6 Å². The molecule has 126 valence electrons. The van der Waals surface area contributed by atoms with E-state index in [1.54, 1.807) is 11.3 Å². The highest BCUT2D eigenvalue weighted by Crippen LogP contribution is 2.17. The third-order valence-electron chi connectivity index (χ3n) is 3.76. The number of carbonyl (C=O) groups is 3. The lowest BCUT2D eigenvalue weighted by atomic mass is 10.2. The number of rotatable bonds is 6. The Hall–Kier alpha value is -1.89. The molecule has 0 aliphatic heterocycles. The molecule has 0 saturated heterocycles. The minimum atomic E-state index is -0.986. The van der Waals surface area contributed by atoms with Crippen LogP contribution in [-0.2, 0) is 20.7 Å². The van der Waals surface area contributed by atoms with Crippen LogP contribution < -0.4 is 10.6 Å². The molecule has 6 nitrogen and oxygen atoms in total. The number of nitrogens with one attached hydrogen (secondary N) is 2. The second kappa shape index (κ2) is 8.67. The highest BCUT2D eigenvalue weighted by atomic mass is 32.1. The number of aryl methyl sites for hydroxylation is 1. The van der Waals surface area contributed by atoms with Gasteiger partial charge in [-0.25, -0.2) is 4.79 Å². The minimum Gasteiger partial charge on any atom is -0.453 e. The molecule has 1 aromatic rings. The number of urea groups is 1. The zero-order chi connectivity index (χ0) is 16.7. The van der Waals surface area contributed by atoms with E-state index in [1.807, 2.05) is 17.5 Å². The number of ether oxygens (including phenoxy) is 1. The normalized spacial score (nSPS) is 15.9. The fourth-order valence-corrected chi connectivity index (χ4v) is 3.20. The first-order valence-electron chi connectivity index (χ1n) is 7.88. The first-order chi connectivity index (χ1) is 11.0. The van der Waals surface area contributed by atoms with Crippen molar-refractivity contribution >= 4 is 29.2 Å². The molecular weight excluding hydrogens is 316 g/mol. The Morgan fingerprint density at radius 3 is 2.74 bits per heavy atom. The molecule has 1 aliphatic rings. The van der Waals surface area contributed by atoms with Crippen molar-refractivity contribution in [3.63, 3.8) is 0 Å². The second-order valence-electron chi connectivity index (χ2n) is 5.66. The summed E-state index contributed by atoms with van der Waals surface area (Å²) in [6.45, 7) is 1.46. The first-order valence-corrected chi connectivity index (χ1v) is 8.76. The van der Waals surface area contributed by atoms with Gasteiger partial charge in [0.2, 0.25) is 0 Å². The van der Waals surface area contributed by atoms with Gasteiger partial charge < -0.3 is 10.1 Å². The number of amides is 3. The van der Waals surface area contributed by atoms with E-state index in [1.165, 1.54) is 6.92 Å². The number of carbonyl (C=O) groups excluding carboxylic acids is 3. The predicted octanol–water partition coefficient (Wildman–Crippen LogP) is 2.38. The molecule has 23 heavy (non-hydrogen) atoms. The van der Waals surface area contributed by atoms with E-state index in [9.17, 15) is 14.4 Å². The molecule has 1 heterocycles. The van der Waals surface area contributed by atoms with E-state index in [4.69, 9.17) is 4.74 Å². The van der Waals surface area contributed by atoms with Gasteiger partial charge in [0.15, 0.2) is 6.10 Å². The van der Waals surface area contributed by atoms with E-state index in [2.05, 4.69) is 10.6 Å². The summed E-state index contributed by atoms with van der Waals surface area (Å²) in [5.41, 5.74) is 0. The maximum Gasteiger partial charge on any atom is 0.321 e. The summed E-state index contributed by atoms with van der Waals surface area (Å²) in [6.07, 6.45) is 3.89. The van der Waals surface area contributed by atoms with E-state index in [0.29, 0.717) is 6.42 Å². The van der Waals surface area contributed by atoms with Crippen molar-refractivity contribution in [2.75, 3.05) is 0 Å². The maximum atomic E-state index is 11.8. The molecule has 1 aromatic heterocycles. The van der Waals surface area contributed by atoms with Crippen molar-refractivity contribution in [2.45, 2.75) is 57.6 Å². The molecule has 0 radical (unpaired) electrons. The third-order valence-corrected chi connectivity index (χ3v) is 4.70. The number of thiophene rings is 1. The van der Waals surface area contributed by atoms with Crippen LogP contribution in [0.25, 0.3) is 0 Å². The summed E-state index contributed by atoms with van der Waals surface area (Å²) in [5, 5.41) is 6.91. The zero-order valence-corrected chi connectivity index (χ0v) is 14.0. The number of hydrogen-bond donors (Lipinski definition) is 2. The van der Waals surface area contributed by atoms with Crippen molar-refractivity contribution in [3.05, 3.63) is 22.4 Å². The average molecular weight is 338 g/mol. The lowest BCUT2D eigenvalue weighted by molar-refractivity contribution is -0.154. The SMILES string of the molecule is C[C@H](OC(=O)CCc1cccs1)C(=O)NC(=O)NC1CCCC1. The fraction of sp³-hybridized carbons (Fsp3) is 0.562. The van der Waals surface area contributed by atoms with Crippen LogP contribution >= 0.6 is 11.3 Å². The topological polar surface area (TPSA) is 84.5 Å². The molecule has 0 bridgehead atoms. The molecule has 2 rings (SSSR count). The molecular formula is C16H22N2O4S. The van der Waals surface area contributed by atoms with Crippen LogP contribution in [0.15, 0.2) is 17.5 Å². The number of imide groups is 1. The summed E-state index contributed by atoms with van der Waals surface area (Å²) in [7, 11) is 0. The molecule has 0 unspecified atom stereocenters. The van der Waals surface area contributed by atoms with Crippen LogP contribution in [0.5, 0.6) is 0 Å². The molecule has 1 fully saturated rings. The maximum absolute atomic E-state index is 11.8. The van der Waals surface area contributed by atoms with Crippen molar-refractivity contribution < 1.29 is 19.1 Å². The highest BCUT2D eigenvalue weighted by Gasteiger charge is 2.22. The molecule has 1 saturated carbocycles. The van der Waals surface area contributed by atoms with Gasteiger partial charge >= 0.3 is 12.0 Å². The van der Waals surface area contributed by atoms with Gasteiger partial charge in [0, 0.05) is 10.9 Å². The smallest absolute Gasteiger partial charge is 0.321 e. The van der Waals surface area contributed by atoms with Crippen LogP contribution in [0.4, 0.5) is 4.79 Å². The molecule has 1 atom stereocenters. The summed E-state index contributed by atoms with van der Waals surface area (Å²) in [4.78, 5) is 36.4. The lowest BCUT2D eigenvalue weighted by Gasteiger charge is -2.15. The standard InChI is InChI=1S/C16H22N2O4S/c1-11(22-14(19)9-8-13-7-4-10-23-13)15(20)18-16(21)17-12-5-2-3-6-12/h4,7,10-12H,2-3,5-6,8-9H2,1H3,(H2,17,18,20,21)/t11-/m0/s1. The Morgan fingerprint density at radius 1 is 1.35 bits per heavy atom. The first kappa shape index (κ1) is 17.5. The monoisotopic (exact) mass is 338 g/mol. The van der Waals surface area contributed by atoms with Gasteiger partial charge in [-0.3, -0.25) is 14.9 Å². The summed E-state index contributed by atoms with van der Waals surface area (Å²) in [5.74, 6) is -1.05. The average Bonchev–Trinajstić information content (AvgIpc) is 3.18. The van der Waals surface area contributed by atoms with Gasteiger partial charge in [0.1, 0.15) is 0 Å². The Bertz CT molecular complexity index is 538. The summed E-state index contributed by atoms with van der Waals surface area (Å²) >= 11 is 1.57. The van der Waals surface area contributed by atoms with Crippen LogP contribution in [0.2, 0.25) is 0 Å². The van der Waals surface area contributed by atoms with Crippen molar-refractivity contribution in [3.8, 4) is 0 Å². The molecule has 2 N–H and O–H groups in total. The number of esters is 1. The van der Waals surface area contributed by atoms with Crippen molar-refractivity contribution in [2.24, 2.45) is 0 Å². The molecule has 7 heteroatoms. The molecule has 0 spiro atoms. The van der Waals surface area contributed by atoms with E-state index < -0.39 is 24.0 Å². The van der Waals surface area contributed by atoms with Gasteiger partial charge in [-0.1, -0.05) is 18.9 Å². The van der Waals surface area contributed by atoms with Gasteiger partial charge in [0.25, 0.3) is 5.91 Å². The summed E-state index contributed by atoms with van der Waals surface area (Å²) < 4.78 is 5.05. The number of hydrogen-bond acceptors (Lipinski definition) is 5. The van der Waals surface area contributed by atoms with Crippen molar-refractivity contribution in [1.29, 1.82) is 0 Å². The fourth-order valence-electron chi connectivity index (χ4n) is 2.49. The van der Waals surface area contributed by atoms with E-state index in [0.717, 1.165) is 30.6 Å². The highest BCUT2D eigenvalue weighted by molar-refractivity contribution is 7.09. The summed E-state index contributed by atoms with van der Waals surface area (Å²) in [6, 6.07) is 3.47. The quantitative estimate of drug-likeness (QED) is 0.780. The minimum absolute atomic E-state index is 0.131. The van der Waals surface area contributed by atoms with Crippen LogP contribution in [0, 0.1) is 0 Å². The van der Waals surface area contributed by atoms with Crippen LogP contribution in [0.3, 0.4) is 0 Å². The molecule has 0 aromatic carbocycles. The Morgan fingerprint density at radius 2 is 2.09 bits per heavy atom.